The number of carbonyl (C=O) groups excluding carboxylic acids is 1. The lowest BCUT2D eigenvalue weighted by atomic mass is 9.68. The van der Waals surface area contributed by atoms with Crippen LogP contribution in [0.15, 0.2) is 42.7 Å². The molecule has 1 fully saturated rings. The molecule has 2 aromatic heterocycles. The van der Waals surface area contributed by atoms with E-state index in [4.69, 9.17) is 0 Å². The van der Waals surface area contributed by atoms with Crippen LogP contribution in [0, 0.1) is 17.0 Å². The molecule has 0 radical (unpaired) electrons. The molecule has 0 unspecified atom stereocenters. The maximum atomic E-state index is 14.4. The van der Waals surface area contributed by atoms with Gasteiger partial charge < -0.3 is 4.90 Å². The Morgan fingerprint density at radius 3 is 2.58 bits per heavy atom. The van der Waals surface area contributed by atoms with E-state index in [2.05, 4.69) is 34.2 Å². The fourth-order valence-corrected chi connectivity index (χ4v) is 5.89. The average molecular weight is 450 g/mol. The van der Waals surface area contributed by atoms with Crippen LogP contribution in [0.4, 0.5) is 8.78 Å². The Balaban J connectivity index is 1.56. The number of nitrogens with zero attached hydrogens (tertiary/aromatic N) is 5. The third kappa shape index (κ3) is 3.07. The molecule has 0 saturated heterocycles. The Hall–Kier alpha value is -3.29. The number of fused-ring (bicyclic) bond motifs is 5. The van der Waals surface area contributed by atoms with Crippen molar-refractivity contribution in [2.24, 2.45) is 5.41 Å². The average Bonchev–Trinajstić information content (AvgIpc) is 3.17. The molecule has 2 aliphatic rings. The Morgan fingerprint density at radius 1 is 1.15 bits per heavy atom. The van der Waals surface area contributed by atoms with Gasteiger partial charge in [0, 0.05) is 18.5 Å². The lowest BCUT2D eigenvalue weighted by Crippen LogP contribution is -2.48. The molecule has 2 aliphatic carbocycles. The van der Waals surface area contributed by atoms with E-state index in [-0.39, 0.29) is 28.5 Å². The second-order valence-corrected chi connectivity index (χ2v) is 9.48. The Kier molecular flexibility index (Phi) is 4.99. The van der Waals surface area contributed by atoms with Crippen molar-refractivity contribution in [3.8, 4) is 11.3 Å². The molecule has 170 valence electrons. The Morgan fingerprint density at radius 2 is 1.91 bits per heavy atom. The van der Waals surface area contributed by atoms with Crippen molar-refractivity contribution >= 4 is 5.91 Å². The minimum absolute atomic E-state index is 0.104. The van der Waals surface area contributed by atoms with Crippen LogP contribution in [0.25, 0.3) is 11.3 Å². The van der Waals surface area contributed by atoms with Gasteiger partial charge in [0.05, 0.1) is 34.9 Å². The molecular weight excluding hydrogens is 424 g/mol. The molecule has 1 saturated carbocycles. The van der Waals surface area contributed by atoms with E-state index >= 15 is 0 Å². The highest BCUT2D eigenvalue weighted by Crippen LogP contribution is 2.67. The molecular formula is C25H25F2N5O. The number of benzene rings is 1. The summed E-state index contributed by atoms with van der Waals surface area (Å²) in [6.07, 6.45) is 4.78. The molecule has 2 heterocycles. The van der Waals surface area contributed by atoms with E-state index in [9.17, 15) is 13.6 Å². The van der Waals surface area contributed by atoms with Gasteiger partial charge in [0.15, 0.2) is 0 Å². The number of hydrogen-bond acceptors (Lipinski definition) is 5. The minimum atomic E-state index is -0.657. The highest BCUT2D eigenvalue weighted by Gasteiger charge is 2.64. The van der Waals surface area contributed by atoms with E-state index in [1.807, 2.05) is 11.8 Å². The molecule has 0 N–H and O–H groups in total. The molecule has 8 heteroatoms. The van der Waals surface area contributed by atoms with Gasteiger partial charge in [0.2, 0.25) is 0 Å². The van der Waals surface area contributed by atoms with Crippen LogP contribution in [-0.4, -0.2) is 44.3 Å². The van der Waals surface area contributed by atoms with E-state index in [1.54, 1.807) is 12.1 Å². The van der Waals surface area contributed by atoms with Crippen molar-refractivity contribution in [2.75, 3.05) is 13.1 Å². The first kappa shape index (κ1) is 21.6. The SMILES string of the molecule is CCN(C[C@@]12CC[C@@H](c3cc(-c4c(F)cccc4F)nnc31)C2(C)C)C(=O)c1ccnnc1. The first-order valence-electron chi connectivity index (χ1n) is 11.2. The van der Waals surface area contributed by atoms with E-state index in [0.29, 0.717) is 18.7 Å². The molecule has 1 amide bonds. The highest BCUT2D eigenvalue weighted by atomic mass is 19.1. The third-order valence-electron chi connectivity index (χ3n) is 7.80. The van der Waals surface area contributed by atoms with Crippen molar-refractivity contribution in [3.63, 3.8) is 0 Å². The molecule has 3 aromatic rings. The van der Waals surface area contributed by atoms with Gasteiger partial charge in [0.25, 0.3) is 5.91 Å². The van der Waals surface area contributed by atoms with Crippen LogP contribution < -0.4 is 0 Å². The summed E-state index contributed by atoms with van der Waals surface area (Å²) >= 11 is 0. The number of halogens is 2. The van der Waals surface area contributed by atoms with Crippen LogP contribution in [0.3, 0.4) is 0 Å². The van der Waals surface area contributed by atoms with Crippen LogP contribution in [0.5, 0.6) is 0 Å². The smallest absolute Gasteiger partial charge is 0.255 e. The first-order chi connectivity index (χ1) is 15.8. The van der Waals surface area contributed by atoms with Gasteiger partial charge >= 0.3 is 0 Å². The van der Waals surface area contributed by atoms with Gasteiger partial charge in [-0.1, -0.05) is 19.9 Å². The number of amides is 1. The van der Waals surface area contributed by atoms with Gasteiger partial charge in [-0.2, -0.15) is 20.4 Å². The molecule has 2 atom stereocenters. The summed E-state index contributed by atoms with van der Waals surface area (Å²) in [4.78, 5) is 15.0. The van der Waals surface area contributed by atoms with Gasteiger partial charge in [-0.3, -0.25) is 4.79 Å². The Bertz CT molecular complexity index is 1210. The topological polar surface area (TPSA) is 71.9 Å². The quantitative estimate of drug-likeness (QED) is 0.572. The summed E-state index contributed by atoms with van der Waals surface area (Å²) in [6, 6.07) is 7.24. The third-order valence-corrected chi connectivity index (χ3v) is 7.80. The van der Waals surface area contributed by atoms with Crippen molar-refractivity contribution in [3.05, 3.63) is 71.2 Å². The van der Waals surface area contributed by atoms with Gasteiger partial charge in [0.1, 0.15) is 11.6 Å². The van der Waals surface area contributed by atoms with Crippen molar-refractivity contribution < 1.29 is 13.6 Å². The van der Waals surface area contributed by atoms with E-state index in [0.717, 1.165) is 24.1 Å². The molecule has 0 aliphatic heterocycles. The van der Waals surface area contributed by atoms with Crippen molar-refractivity contribution in [1.82, 2.24) is 25.3 Å². The van der Waals surface area contributed by atoms with Crippen LogP contribution >= 0.6 is 0 Å². The van der Waals surface area contributed by atoms with Gasteiger partial charge in [-0.25, -0.2) is 8.78 Å². The maximum absolute atomic E-state index is 14.4. The lowest BCUT2D eigenvalue weighted by molar-refractivity contribution is 0.0652. The van der Waals surface area contributed by atoms with Crippen LogP contribution in [-0.2, 0) is 5.41 Å². The van der Waals surface area contributed by atoms with Gasteiger partial charge in [-0.05, 0) is 60.9 Å². The molecule has 5 rings (SSSR count). The summed E-state index contributed by atoms with van der Waals surface area (Å²) in [5.41, 5.74) is 1.77. The largest absolute Gasteiger partial charge is 0.338 e. The Labute approximate surface area is 191 Å². The summed E-state index contributed by atoms with van der Waals surface area (Å²) in [5.74, 6) is -1.24. The van der Waals surface area contributed by atoms with Gasteiger partial charge in [-0.15, -0.1) is 0 Å². The zero-order valence-electron chi connectivity index (χ0n) is 18.8. The first-order valence-corrected chi connectivity index (χ1v) is 11.2. The summed E-state index contributed by atoms with van der Waals surface area (Å²) in [7, 11) is 0. The number of carbonyl (C=O) groups is 1. The predicted octanol–water partition coefficient (Wildman–Crippen LogP) is 4.53. The molecule has 33 heavy (non-hydrogen) atoms. The fourth-order valence-electron chi connectivity index (χ4n) is 5.89. The summed E-state index contributed by atoms with van der Waals surface area (Å²) < 4.78 is 28.8. The fraction of sp³-hybridized carbons (Fsp3) is 0.400. The minimum Gasteiger partial charge on any atom is -0.338 e. The van der Waals surface area contributed by atoms with Crippen molar-refractivity contribution in [2.45, 2.75) is 44.9 Å². The maximum Gasteiger partial charge on any atom is 0.255 e. The summed E-state index contributed by atoms with van der Waals surface area (Å²) in [6.45, 7) is 7.37. The lowest BCUT2D eigenvalue weighted by Gasteiger charge is -2.41. The molecule has 2 bridgehead atoms. The number of rotatable bonds is 5. The van der Waals surface area contributed by atoms with E-state index in [1.165, 1.54) is 30.6 Å². The second-order valence-electron chi connectivity index (χ2n) is 9.48. The number of aromatic nitrogens is 4. The highest BCUT2D eigenvalue weighted by molar-refractivity contribution is 5.93. The predicted molar refractivity (Wildman–Crippen MR) is 118 cm³/mol. The molecule has 6 nitrogen and oxygen atoms in total. The normalized spacial score (nSPS) is 22.3. The zero-order chi connectivity index (χ0) is 23.4. The number of hydrogen-bond donors (Lipinski definition) is 0. The van der Waals surface area contributed by atoms with Crippen molar-refractivity contribution in [1.29, 1.82) is 0 Å². The van der Waals surface area contributed by atoms with E-state index < -0.39 is 17.0 Å². The second kappa shape index (κ2) is 7.64. The molecule has 0 spiro atoms. The zero-order valence-corrected chi connectivity index (χ0v) is 18.8. The standard InChI is InChI=1S/C25H25F2N5O/c1-4-32(23(33)15-9-11-28-29-13-15)14-25-10-8-17(24(25,2)3)16-12-20(30-31-22(16)25)21-18(26)6-5-7-19(21)27/h5-7,9,11-13,17H,4,8,10,14H2,1-3H3/t17-,25-/m0/s1. The number of likely N-dealkylation sites (N-methyl/N-ethyl adjacent to an activating group) is 1. The monoisotopic (exact) mass is 449 g/mol. The molecule has 1 aromatic carbocycles. The van der Waals surface area contributed by atoms with Crippen LogP contribution in [0.1, 0.15) is 61.1 Å². The van der Waals surface area contributed by atoms with Crippen LogP contribution in [0.2, 0.25) is 0 Å². The summed E-state index contributed by atoms with van der Waals surface area (Å²) in [5, 5.41) is 16.4.